The Hall–Kier alpha value is -1.47. The van der Waals surface area contributed by atoms with Gasteiger partial charge in [0.15, 0.2) is 5.16 Å². The fourth-order valence-electron chi connectivity index (χ4n) is 1.18. The molecule has 0 radical (unpaired) electrons. The first kappa shape index (κ1) is 13.0. The second-order valence-electron chi connectivity index (χ2n) is 3.46. The molecule has 18 heavy (non-hydrogen) atoms. The third-order valence-corrected chi connectivity index (χ3v) is 3.34. The van der Waals surface area contributed by atoms with Crippen LogP contribution in [0.1, 0.15) is 15.9 Å². The molecule has 1 N–H and O–H groups in total. The lowest BCUT2D eigenvalue weighted by molar-refractivity contribution is 0.0692. The molecule has 0 amide bonds. The second kappa shape index (κ2) is 5.45. The first-order valence-corrected chi connectivity index (χ1v) is 6.52. The predicted octanol–water partition coefficient (Wildman–Crippen LogP) is 2.79. The Labute approximate surface area is 116 Å². The average Bonchev–Trinajstić information content (AvgIpc) is 2.34. The van der Waals surface area contributed by atoms with E-state index < -0.39 is 5.97 Å². The number of pyridine rings is 1. The van der Waals surface area contributed by atoms with Gasteiger partial charge in [0, 0.05) is 23.1 Å². The zero-order valence-electron chi connectivity index (χ0n) is 9.29. The van der Waals surface area contributed by atoms with Crippen LogP contribution >= 0.6 is 27.7 Å². The molecule has 0 fully saturated rings. The molecule has 2 aromatic rings. The Balaban J connectivity index is 2.34. The van der Waals surface area contributed by atoms with Crippen LogP contribution < -0.4 is 0 Å². The minimum Gasteiger partial charge on any atom is -0.478 e. The van der Waals surface area contributed by atoms with Crippen molar-refractivity contribution in [3.05, 3.63) is 40.3 Å². The lowest BCUT2D eigenvalue weighted by atomic mass is 10.3. The van der Waals surface area contributed by atoms with E-state index in [-0.39, 0.29) is 5.56 Å². The van der Waals surface area contributed by atoms with Crippen LogP contribution in [0.3, 0.4) is 0 Å². The molecular weight excluding hydrogens is 318 g/mol. The summed E-state index contributed by atoms with van der Waals surface area (Å²) in [7, 11) is 0. The SMILES string of the molecule is Cc1cnc(Sc2ncc(Br)cc2C(=O)O)nc1. The van der Waals surface area contributed by atoms with Gasteiger partial charge in [-0.3, -0.25) is 0 Å². The molecule has 0 aliphatic heterocycles. The summed E-state index contributed by atoms with van der Waals surface area (Å²) in [5.74, 6) is -1.03. The van der Waals surface area contributed by atoms with Crippen LogP contribution in [-0.2, 0) is 0 Å². The number of carboxylic acids is 1. The number of carboxylic acid groups (broad SMARTS) is 1. The van der Waals surface area contributed by atoms with Crippen molar-refractivity contribution in [2.75, 3.05) is 0 Å². The summed E-state index contributed by atoms with van der Waals surface area (Å²) < 4.78 is 0.620. The molecule has 0 aliphatic rings. The fraction of sp³-hybridized carbons (Fsp3) is 0.0909. The second-order valence-corrected chi connectivity index (χ2v) is 5.33. The summed E-state index contributed by atoms with van der Waals surface area (Å²) in [5, 5.41) is 9.94. The van der Waals surface area contributed by atoms with Gasteiger partial charge >= 0.3 is 5.97 Å². The van der Waals surface area contributed by atoms with Gasteiger partial charge in [-0.05, 0) is 46.2 Å². The number of halogens is 1. The molecule has 7 heteroatoms. The highest BCUT2D eigenvalue weighted by atomic mass is 79.9. The number of aromatic carboxylic acids is 1. The van der Waals surface area contributed by atoms with E-state index in [0.717, 1.165) is 17.3 Å². The molecule has 0 bridgehead atoms. The molecule has 0 aromatic carbocycles. The zero-order valence-corrected chi connectivity index (χ0v) is 11.7. The van der Waals surface area contributed by atoms with Crippen molar-refractivity contribution in [3.63, 3.8) is 0 Å². The summed E-state index contributed by atoms with van der Waals surface area (Å²) in [6, 6.07) is 1.51. The zero-order chi connectivity index (χ0) is 13.1. The summed E-state index contributed by atoms with van der Waals surface area (Å²) in [6.45, 7) is 1.88. The standard InChI is InChI=1S/C11H8BrN3O2S/c1-6-3-14-11(15-4-6)18-9-8(10(16)17)2-7(12)5-13-9/h2-5H,1H3,(H,16,17). The molecule has 0 aliphatic carbocycles. The smallest absolute Gasteiger partial charge is 0.338 e. The quantitative estimate of drug-likeness (QED) is 0.874. The van der Waals surface area contributed by atoms with Crippen LogP contribution in [0.5, 0.6) is 0 Å². The highest BCUT2D eigenvalue weighted by molar-refractivity contribution is 9.10. The number of aromatic nitrogens is 3. The van der Waals surface area contributed by atoms with Crippen LogP contribution in [-0.4, -0.2) is 26.0 Å². The third-order valence-electron chi connectivity index (χ3n) is 1.99. The van der Waals surface area contributed by atoms with E-state index in [4.69, 9.17) is 5.11 Å². The molecule has 92 valence electrons. The Morgan fingerprint density at radius 1 is 1.28 bits per heavy atom. The molecule has 2 aromatic heterocycles. The van der Waals surface area contributed by atoms with Crippen molar-refractivity contribution in [2.24, 2.45) is 0 Å². The molecule has 0 spiro atoms. The van der Waals surface area contributed by atoms with Crippen LogP contribution in [0.15, 0.2) is 39.3 Å². The van der Waals surface area contributed by atoms with E-state index in [2.05, 4.69) is 30.9 Å². The van der Waals surface area contributed by atoms with Crippen LogP contribution in [0, 0.1) is 6.92 Å². The molecule has 0 unspecified atom stereocenters. The first-order chi connectivity index (χ1) is 8.56. The summed E-state index contributed by atoms with van der Waals surface area (Å²) in [6.07, 6.45) is 4.90. The Morgan fingerprint density at radius 3 is 2.56 bits per heavy atom. The first-order valence-electron chi connectivity index (χ1n) is 4.91. The molecule has 2 rings (SSSR count). The van der Waals surface area contributed by atoms with E-state index in [0.29, 0.717) is 14.7 Å². The maximum Gasteiger partial charge on any atom is 0.338 e. The number of hydrogen-bond acceptors (Lipinski definition) is 5. The monoisotopic (exact) mass is 325 g/mol. The summed E-state index contributed by atoms with van der Waals surface area (Å²) in [5.41, 5.74) is 1.07. The van der Waals surface area contributed by atoms with Gasteiger partial charge in [0.05, 0.1) is 5.56 Å². The molecule has 0 saturated carbocycles. The number of nitrogens with zero attached hydrogens (tertiary/aromatic N) is 3. The molecule has 0 saturated heterocycles. The minimum absolute atomic E-state index is 0.124. The van der Waals surface area contributed by atoms with Crippen LogP contribution in [0.2, 0.25) is 0 Å². The number of aryl methyl sites for hydroxylation is 1. The third kappa shape index (κ3) is 3.05. The molecule has 2 heterocycles. The normalized spacial score (nSPS) is 10.3. The maximum absolute atomic E-state index is 11.1. The Kier molecular flexibility index (Phi) is 3.93. The largest absolute Gasteiger partial charge is 0.478 e. The van der Waals surface area contributed by atoms with Crippen molar-refractivity contribution in [3.8, 4) is 0 Å². The van der Waals surface area contributed by atoms with Gasteiger partial charge in [0.1, 0.15) is 5.03 Å². The number of carbonyl (C=O) groups is 1. The topological polar surface area (TPSA) is 76.0 Å². The van der Waals surface area contributed by atoms with Gasteiger partial charge in [-0.2, -0.15) is 0 Å². The van der Waals surface area contributed by atoms with Gasteiger partial charge in [-0.15, -0.1) is 0 Å². The number of rotatable bonds is 3. The molecule has 0 atom stereocenters. The summed E-state index contributed by atoms with van der Waals surface area (Å²) >= 11 is 4.32. The van der Waals surface area contributed by atoms with Gasteiger partial charge in [0.2, 0.25) is 0 Å². The van der Waals surface area contributed by atoms with Crippen molar-refractivity contribution in [2.45, 2.75) is 17.1 Å². The maximum atomic E-state index is 11.1. The molecule has 5 nitrogen and oxygen atoms in total. The Bertz CT molecular complexity index is 589. The van der Waals surface area contributed by atoms with E-state index in [1.807, 2.05) is 6.92 Å². The predicted molar refractivity (Wildman–Crippen MR) is 69.8 cm³/mol. The van der Waals surface area contributed by atoms with Crippen molar-refractivity contribution < 1.29 is 9.90 Å². The summed E-state index contributed by atoms with van der Waals surface area (Å²) in [4.78, 5) is 23.4. The fourth-order valence-corrected chi connectivity index (χ4v) is 2.26. The van der Waals surface area contributed by atoms with E-state index in [9.17, 15) is 4.79 Å². The minimum atomic E-state index is -1.03. The van der Waals surface area contributed by atoms with Crippen molar-refractivity contribution >= 4 is 33.7 Å². The number of hydrogen-bond donors (Lipinski definition) is 1. The van der Waals surface area contributed by atoms with Gasteiger partial charge in [-0.1, -0.05) is 0 Å². The van der Waals surface area contributed by atoms with Gasteiger partial charge < -0.3 is 5.11 Å². The molecular formula is C11H8BrN3O2S. The highest BCUT2D eigenvalue weighted by Gasteiger charge is 2.14. The van der Waals surface area contributed by atoms with Gasteiger partial charge in [0.25, 0.3) is 0 Å². The van der Waals surface area contributed by atoms with Crippen LogP contribution in [0.4, 0.5) is 0 Å². The van der Waals surface area contributed by atoms with Crippen LogP contribution in [0.25, 0.3) is 0 Å². The lowest BCUT2D eigenvalue weighted by Crippen LogP contribution is -2.01. The van der Waals surface area contributed by atoms with E-state index in [1.54, 1.807) is 18.6 Å². The lowest BCUT2D eigenvalue weighted by Gasteiger charge is -2.04. The highest BCUT2D eigenvalue weighted by Crippen LogP contribution is 2.27. The van der Waals surface area contributed by atoms with E-state index in [1.165, 1.54) is 6.07 Å². The average molecular weight is 326 g/mol. The van der Waals surface area contributed by atoms with Crippen molar-refractivity contribution in [1.82, 2.24) is 15.0 Å². The van der Waals surface area contributed by atoms with E-state index >= 15 is 0 Å². The van der Waals surface area contributed by atoms with Crippen molar-refractivity contribution in [1.29, 1.82) is 0 Å². The van der Waals surface area contributed by atoms with Gasteiger partial charge in [-0.25, -0.2) is 19.7 Å². The Morgan fingerprint density at radius 2 is 1.94 bits per heavy atom.